The van der Waals surface area contributed by atoms with Crippen LogP contribution in [0, 0.1) is 0 Å². The highest BCUT2D eigenvalue weighted by molar-refractivity contribution is 4.79. The van der Waals surface area contributed by atoms with E-state index in [0.29, 0.717) is 0 Å². The number of hydrogen-bond donors (Lipinski definition) is 1. The smallest absolute Gasteiger partial charge is 0.104 e. The van der Waals surface area contributed by atoms with Crippen LogP contribution in [0.25, 0.3) is 0 Å². The third-order valence-corrected chi connectivity index (χ3v) is 2.24. The van der Waals surface area contributed by atoms with E-state index in [1.807, 2.05) is 12.5 Å². The minimum absolute atomic E-state index is 0.737. The van der Waals surface area contributed by atoms with Crippen LogP contribution in [0.3, 0.4) is 0 Å². The maximum Gasteiger partial charge on any atom is 0.104 e. The lowest BCUT2D eigenvalue weighted by atomic mass is 10.2. The van der Waals surface area contributed by atoms with Gasteiger partial charge in [0.2, 0.25) is 0 Å². The highest BCUT2D eigenvalue weighted by atomic mass is 16.5. The molecular weight excluding hydrogens is 198 g/mol. The standard InChI is InChI=1S/C14H27NO/c1-3-5-7-9-11-15-12-14-16-13-10-8-6-4-2/h9-11,13,15H,3-8,12,14H2,1-2H3. The Morgan fingerprint density at radius 1 is 1.00 bits per heavy atom. The molecule has 0 unspecified atom stereocenters. The number of ether oxygens (including phenoxy) is 1. The normalized spacial score (nSPS) is 11.4. The van der Waals surface area contributed by atoms with Crippen molar-refractivity contribution in [3.63, 3.8) is 0 Å². The van der Waals surface area contributed by atoms with Gasteiger partial charge < -0.3 is 10.1 Å². The lowest BCUT2D eigenvalue weighted by Crippen LogP contribution is -2.11. The molecule has 94 valence electrons. The first-order valence-corrected chi connectivity index (χ1v) is 6.56. The van der Waals surface area contributed by atoms with Crippen molar-refractivity contribution < 1.29 is 4.74 Å². The Morgan fingerprint density at radius 3 is 2.38 bits per heavy atom. The van der Waals surface area contributed by atoms with Crippen LogP contribution in [0.5, 0.6) is 0 Å². The molecule has 0 bridgehead atoms. The average molecular weight is 225 g/mol. The molecule has 0 saturated carbocycles. The number of rotatable bonds is 11. The third-order valence-electron chi connectivity index (χ3n) is 2.24. The van der Waals surface area contributed by atoms with Crippen molar-refractivity contribution in [1.29, 1.82) is 0 Å². The van der Waals surface area contributed by atoms with Crippen molar-refractivity contribution in [1.82, 2.24) is 5.32 Å². The van der Waals surface area contributed by atoms with Crippen LogP contribution in [0.15, 0.2) is 24.6 Å². The third kappa shape index (κ3) is 13.1. The molecule has 0 atom stereocenters. The fourth-order valence-electron chi connectivity index (χ4n) is 1.22. The predicted molar refractivity (Wildman–Crippen MR) is 71.3 cm³/mol. The van der Waals surface area contributed by atoms with Crippen LogP contribution in [0.2, 0.25) is 0 Å². The summed E-state index contributed by atoms with van der Waals surface area (Å²) in [5.74, 6) is 0. The Labute approximate surface area is 101 Å². The fraction of sp³-hybridized carbons (Fsp3) is 0.714. The number of unbranched alkanes of at least 4 members (excludes halogenated alkanes) is 4. The summed E-state index contributed by atoms with van der Waals surface area (Å²) in [6.45, 7) is 6.02. The van der Waals surface area contributed by atoms with E-state index in [1.54, 1.807) is 0 Å². The summed E-state index contributed by atoms with van der Waals surface area (Å²) in [5, 5.41) is 3.21. The van der Waals surface area contributed by atoms with Crippen molar-refractivity contribution in [2.45, 2.75) is 52.4 Å². The lowest BCUT2D eigenvalue weighted by molar-refractivity contribution is 0.252. The SMILES string of the molecule is CCCCC=CNCCOC=CCCCC. The van der Waals surface area contributed by atoms with Crippen molar-refractivity contribution in [3.8, 4) is 0 Å². The van der Waals surface area contributed by atoms with Crippen LogP contribution >= 0.6 is 0 Å². The first-order chi connectivity index (χ1) is 7.91. The molecule has 0 aromatic heterocycles. The zero-order valence-corrected chi connectivity index (χ0v) is 10.9. The maximum atomic E-state index is 5.33. The van der Waals surface area contributed by atoms with Crippen molar-refractivity contribution >= 4 is 0 Å². The van der Waals surface area contributed by atoms with Gasteiger partial charge in [-0.15, -0.1) is 0 Å². The van der Waals surface area contributed by atoms with Gasteiger partial charge in [0, 0.05) is 6.54 Å². The molecule has 0 spiro atoms. The van der Waals surface area contributed by atoms with E-state index in [0.717, 1.165) is 19.6 Å². The van der Waals surface area contributed by atoms with Gasteiger partial charge in [0.15, 0.2) is 0 Å². The molecule has 0 fully saturated rings. The van der Waals surface area contributed by atoms with Gasteiger partial charge in [0.1, 0.15) is 6.61 Å². The van der Waals surface area contributed by atoms with E-state index < -0.39 is 0 Å². The molecule has 0 amide bonds. The van der Waals surface area contributed by atoms with Crippen LogP contribution in [-0.2, 0) is 4.74 Å². The molecular formula is C14H27NO. The summed E-state index contributed by atoms with van der Waals surface area (Å²) >= 11 is 0. The Balaban J connectivity index is 3.08. The zero-order valence-electron chi connectivity index (χ0n) is 10.9. The fourth-order valence-corrected chi connectivity index (χ4v) is 1.22. The first kappa shape index (κ1) is 15.1. The van der Waals surface area contributed by atoms with Gasteiger partial charge in [-0.05, 0) is 31.5 Å². The summed E-state index contributed by atoms with van der Waals surface area (Å²) in [5.41, 5.74) is 0. The second kappa shape index (κ2) is 14.1. The molecule has 0 aliphatic heterocycles. The Kier molecular flexibility index (Phi) is 13.3. The summed E-state index contributed by atoms with van der Waals surface area (Å²) < 4.78 is 5.33. The van der Waals surface area contributed by atoms with E-state index in [-0.39, 0.29) is 0 Å². The topological polar surface area (TPSA) is 21.3 Å². The van der Waals surface area contributed by atoms with Gasteiger partial charge in [-0.3, -0.25) is 0 Å². The van der Waals surface area contributed by atoms with Crippen molar-refractivity contribution in [2.24, 2.45) is 0 Å². The molecule has 1 N–H and O–H groups in total. The highest BCUT2D eigenvalue weighted by Gasteiger charge is 1.82. The second-order valence-corrected chi connectivity index (χ2v) is 3.88. The Hall–Kier alpha value is -0.920. The van der Waals surface area contributed by atoms with Crippen LogP contribution < -0.4 is 5.32 Å². The van der Waals surface area contributed by atoms with Crippen molar-refractivity contribution in [2.75, 3.05) is 13.2 Å². The largest absolute Gasteiger partial charge is 0.500 e. The van der Waals surface area contributed by atoms with E-state index in [4.69, 9.17) is 4.74 Å². The molecule has 0 aliphatic rings. The second-order valence-electron chi connectivity index (χ2n) is 3.88. The van der Waals surface area contributed by atoms with Gasteiger partial charge in [-0.1, -0.05) is 39.2 Å². The van der Waals surface area contributed by atoms with Crippen LogP contribution in [0.4, 0.5) is 0 Å². The maximum absolute atomic E-state index is 5.33. The lowest BCUT2D eigenvalue weighted by Gasteiger charge is -2.00. The summed E-state index contributed by atoms with van der Waals surface area (Å²) in [6, 6.07) is 0. The molecule has 0 radical (unpaired) electrons. The van der Waals surface area contributed by atoms with E-state index in [2.05, 4.69) is 31.3 Å². The van der Waals surface area contributed by atoms with Crippen LogP contribution in [-0.4, -0.2) is 13.2 Å². The monoisotopic (exact) mass is 225 g/mol. The summed E-state index contributed by atoms with van der Waals surface area (Å²) in [4.78, 5) is 0. The molecule has 0 rings (SSSR count). The predicted octanol–water partition coefficient (Wildman–Crippen LogP) is 4.00. The Morgan fingerprint density at radius 2 is 1.69 bits per heavy atom. The van der Waals surface area contributed by atoms with Gasteiger partial charge in [0.05, 0.1) is 6.26 Å². The van der Waals surface area contributed by atoms with Crippen LogP contribution in [0.1, 0.15) is 52.4 Å². The average Bonchev–Trinajstić information content (AvgIpc) is 2.31. The number of nitrogens with one attached hydrogen (secondary N) is 1. The molecule has 0 aromatic rings. The van der Waals surface area contributed by atoms with E-state index in [9.17, 15) is 0 Å². The minimum Gasteiger partial charge on any atom is -0.500 e. The van der Waals surface area contributed by atoms with Gasteiger partial charge in [-0.2, -0.15) is 0 Å². The number of allylic oxidation sites excluding steroid dienone is 2. The summed E-state index contributed by atoms with van der Waals surface area (Å²) in [6.07, 6.45) is 15.4. The molecule has 2 nitrogen and oxygen atoms in total. The van der Waals surface area contributed by atoms with Crippen molar-refractivity contribution in [3.05, 3.63) is 24.6 Å². The Bertz CT molecular complexity index is 156. The summed E-state index contributed by atoms with van der Waals surface area (Å²) in [7, 11) is 0. The van der Waals surface area contributed by atoms with Gasteiger partial charge in [0.25, 0.3) is 0 Å². The molecule has 0 aliphatic carbocycles. The number of hydrogen-bond acceptors (Lipinski definition) is 2. The molecule has 0 saturated heterocycles. The minimum atomic E-state index is 0.737. The first-order valence-electron chi connectivity index (χ1n) is 6.56. The molecule has 16 heavy (non-hydrogen) atoms. The molecule has 2 heteroatoms. The zero-order chi connectivity index (χ0) is 11.9. The molecule has 0 aromatic carbocycles. The molecule has 0 heterocycles. The van der Waals surface area contributed by atoms with Gasteiger partial charge >= 0.3 is 0 Å². The highest BCUT2D eigenvalue weighted by Crippen LogP contribution is 1.95. The van der Waals surface area contributed by atoms with E-state index in [1.165, 1.54) is 32.1 Å². The van der Waals surface area contributed by atoms with E-state index >= 15 is 0 Å². The quantitative estimate of drug-likeness (QED) is 0.424. The van der Waals surface area contributed by atoms with Gasteiger partial charge in [-0.25, -0.2) is 0 Å².